The molecule has 1 unspecified atom stereocenters. The maximum atomic E-state index is 12.3. The van der Waals surface area contributed by atoms with Gasteiger partial charge in [-0.3, -0.25) is 9.89 Å². The highest BCUT2D eigenvalue weighted by Crippen LogP contribution is 2.21. The molecule has 1 atom stereocenters. The van der Waals surface area contributed by atoms with Gasteiger partial charge in [0, 0.05) is 24.5 Å². The van der Waals surface area contributed by atoms with Crippen LogP contribution in [0.5, 0.6) is 0 Å². The smallest absolute Gasteiger partial charge is 0.241 e. The topological polar surface area (TPSA) is 106 Å². The number of anilines is 1. The number of hydrogen-bond donors (Lipinski definition) is 3. The number of aromatic nitrogens is 3. The quantitative estimate of drug-likeness (QED) is 0.785. The number of nitrogens with two attached hydrogens (primary N) is 1. The van der Waals surface area contributed by atoms with Gasteiger partial charge in [-0.25, -0.2) is 4.98 Å². The van der Waals surface area contributed by atoms with Crippen LogP contribution in [0.3, 0.4) is 0 Å². The van der Waals surface area contributed by atoms with E-state index in [2.05, 4.69) is 20.5 Å². The molecule has 124 valence electrons. The molecule has 0 radical (unpaired) electrons. The van der Waals surface area contributed by atoms with Crippen molar-refractivity contribution in [3.63, 3.8) is 0 Å². The van der Waals surface area contributed by atoms with E-state index in [4.69, 9.17) is 10.5 Å². The van der Waals surface area contributed by atoms with Crippen molar-refractivity contribution in [1.82, 2.24) is 15.2 Å². The second-order valence-electron chi connectivity index (χ2n) is 5.38. The largest absolute Gasteiger partial charge is 0.381 e. The Balaban J connectivity index is 0.00000192. The molecule has 3 rings (SSSR count). The van der Waals surface area contributed by atoms with Gasteiger partial charge in [0.15, 0.2) is 5.82 Å². The van der Waals surface area contributed by atoms with Gasteiger partial charge in [0.1, 0.15) is 6.33 Å². The van der Waals surface area contributed by atoms with Gasteiger partial charge in [0.2, 0.25) is 5.91 Å². The number of carbonyl (C=O) groups excluding carboxylic acids is 1. The Kier molecular flexibility index (Phi) is 6.09. The third-order valence-electron chi connectivity index (χ3n) is 3.90. The highest BCUT2D eigenvalue weighted by molar-refractivity contribution is 5.95. The minimum absolute atomic E-state index is 0. The first-order chi connectivity index (χ1) is 10.7. The van der Waals surface area contributed by atoms with Crippen LogP contribution in [0.1, 0.15) is 12.8 Å². The van der Waals surface area contributed by atoms with Crippen LogP contribution in [-0.2, 0) is 9.53 Å². The summed E-state index contributed by atoms with van der Waals surface area (Å²) in [5.74, 6) is 0.664. The van der Waals surface area contributed by atoms with Crippen molar-refractivity contribution in [2.75, 3.05) is 18.5 Å². The van der Waals surface area contributed by atoms with Gasteiger partial charge >= 0.3 is 0 Å². The van der Waals surface area contributed by atoms with E-state index < -0.39 is 6.04 Å². The molecule has 0 aliphatic carbocycles. The first-order valence-electron chi connectivity index (χ1n) is 7.34. The Hall–Kier alpha value is -1.96. The SMILES string of the molecule is Cl.NC(C(=O)Nc1cccc(-c2ncn[nH]2)c1)C1CCOCC1. The molecule has 2 heterocycles. The summed E-state index contributed by atoms with van der Waals surface area (Å²) in [6.45, 7) is 1.35. The van der Waals surface area contributed by atoms with E-state index in [0.717, 1.165) is 18.4 Å². The van der Waals surface area contributed by atoms with E-state index in [-0.39, 0.29) is 24.2 Å². The summed E-state index contributed by atoms with van der Waals surface area (Å²) >= 11 is 0. The summed E-state index contributed by atoms with van der Waals surface area (Å²) in [5, 5.41) is 9.49. The zero-order valence-corrected chi connectivity index (χ0v) is 13.4. The van der Waals surface area contributed by atoms with Crippen molar-refractivity contribution in [1.29, 1.82) is 0 Å². The number of H-pyrrole nitrogens is 1. The molecular formula is C15H20ClN5O2. The van der Waals surface area contributed by atoms with Crippen molar-refractivity contribution >= 4 is 24.0 Å². The molecule has 7 nitrogen and oxygen atoms in total. The Bertz CT molecular complexity index is 629. The molecule has 1 aliphatic heterocycles. The van der Waals surface area contributed by atoms with Crippen LogP contribution in [0.4, 0.5) is 5.69 Å². The summed E-state index contributed by atoms with van der Waals surface area (Å²) in [6.07, 6.45) is 3.10. The molecule has 1 aliphatic rings. The maximum Gasteiger partial charge on any atom is 0.241 e. The maximum absolute atomic E-state index is 12.3. The lowest BCUT2D eigenvalue weighted by atomic mass is 9.92. The second-order valence-corrected chi connectivity index (χ2v) is 5.38. The van der Waals surface area contributed by atoms with Gasteiger partial charge in [-0.1, -0.05) is 12.1 Å². The average molecular weight is 338 g/mol. The average Bonchev–Trinajstić information content (AvgIpc) is 3.10. The third kappa shape index (κ3) is 4.28. The van der Waals surface area contributed by atoms with Crippen molar-refractivity contribution in [3.05, 3.63) is 30.6 Å². The molecule has 1 saturated heterocycles. The highest BCUT2D eigenvalue weighted by atomic mass is 35.5. The number of halogens is 1. The molecule has 4 N–H and O–H groups in total. The van der Waals surface area contributed by atoms with Crippen LogP contribution in [0.15, 0.2) is 30.6 Å². The lowest BCUT2D eigenvalue weighted by molar-refractivity contribution is -0.119. The van der Waals surface area contributed by atoms with Crippen LogP contribution in [0.2, 0.25) is 0 Å². The van der Waals surface area contributed by atoms with Crippen LogP contribution in [0.25, 0.3) is 11.4 Å². The van der Waals surface area contributed by atoms with E-state index in [1.807, 2.05) is 24.3 Å². The molecular weight excluding hydrogens is 318 g/mol. The van der Waals surface area contributed by atoms with Gasteiger partial charge in [-0.2, -0.15) is 5.10 Å². The van der Waals surface area contributed by atoms with Gasteiger partial charge < -0.3 is 15.8 Å². The predicted octanol–water partition coefficient (Wildman–Crippen LogP) is 1.59. The van der Waals surface area contributed by atoms with Crippen molar-refractivity contribution < 1.29 is 9.53 Å². The number of benzene rings is 1. The fourth-order valence-corrected chi connectivity index (χ4v) is 2.60. The number of aromatic amines is 1. The molecule has 23 heavy (non-hydrogen) atoms. The Morgan fingerprint density at radius 2 is 2.17 bits per heavy atom. The van der Waals surface area contributed by atoms with Crippen LogP contribution >= 0.6 is 12.4 Å². The fraction of sp³-hybridized carbons (Fsp3) is 0.400. The van der Waals surface area contributed by atoms with E-state index >= 15 is 0 Å². The molecule has 0 spiro atoms. The minimum Gasteiger partial charge on any atom is -0.381 e. The third-order valence-corrected chi connectivity index (χ3v) is 3.90. The monoisotopic (exact) mass is 337 g/mol. The summed E-state index contributed by atoms with van der Waals surface area (Å²) < 4.78 is 5.30. The minimum atomic E-state index is -0.516. The Morgan fingerprint density at radius 3 is 2.87 bits per heavy atom. The highest BCUT2D eigenvalue weighted by Gasteiger charge is 2.26. The first kappa shape index (κ1) is 17.4. The molecule has 8 heteroatoms. The lowest BCUT2D eigenvalue weighted by Gasteiger charge is -2.26. The molecule has 0 saturated carbocycles. The number of carbonyl (C=O) groups is 1. The summed E-state index contributed by atoms with van der Waals surface area (Å²) in [4.78, 5) is 16.4. The second kappa shape index (κ2) is 8.05. The van der Waals surface area contributed by atoms with Crippen molar-refractivity contribution in [2.45, 2.75) is 18.9 Å². The van der Waals surface area contributed by atoms with Gasteiger partial charge in [0.05, 0.1) is 6.04 Å². The van der Waals surface area contributed by atoms with E-state index in [9.17, 15) is 4.79 Å². The number of ether oxygens (including phenoxy) is 1. The van der Waals surface area contributed by atoms with Crippen molar-refractivity contribution in [2.24, 2.45) is 11.7 Å². The lowest BCUT2D eigenvalue weighted by Crippen LogP contribution is -2.44. The molecule has 1 aromatic carbocycles. The first-order valence-corrected chi connectivity index (χ1v) is 7.34. The summed E-state index contributed by atoms with van der Waals surface area (Å²) in [6, 6.07) is 6.91. The normalized spacial score (nSPS) is 16.4. The van der Waals surface area contributed by atoms with Crippen molar-refractivity contribution in [3.8, 4) is 11.4 Å². The standard InChI is InChI=1S/C15H19N5O2.ClH/c16-13(10-4-6-22-7-5-10)15(21)19-12-3-1-2-11(8-12)14-17-9-18-20-14;/h1-3,8-10,13H,4-7,16H2,(H,19,21)(H,17,18,20);1H. The van der Waals surface area contributed by atoms with E-state index in [1.165, 1.54) is 6.33 Å². The van der Waals surface area contributed by atoms with Crippen LogP contribution < -0.4 is 11.1 Å². The number of amides is 1. The number of rotatable bonds is 4. The Morgan fingerprint density at radius 1 is 1.39 bits per heavy atom. The van der Waals surface area contributed by atoms with E-state index in [0.29, 0.717) is 24.7 Å². The number of nitrogens with zero attached hydrogens (tertiary/aromatic N) is 2. The molecule has 1 aromatic heterocycles. The van der Waals surface area contributed by atoms with E-state index in [1.54, 1.807) is 0 Å². The molecule has 1 amide bonds. The molecule has 2 aromatic rings. The number of hydrogen-bond acceptors (Lipinski definition) is 5. The molecule has 0 bridgehead atoms. The zero-order valence-electron chi connectivity index (χ0n) is 12.6. The molecule has 1 fully saturated rings. The van der Waals surface area contributed by atoms with Crippen LogP contribution in [-0.4, -0.2) is 40.3 Å². The van der Waals surface area contributed by atoms with Gasteiger partial charge in [-0.05, 0) is 30.9 Å². The predicted molar refractivity (Wildman–Crippen MR) is 89.2 cm³/mol. The summed E-state index contributed by atoms with van der Waals surface area (Å²) in [5.41, 5.74) is 7.63. The Labute approximate surface area is 140 Å². The summed E-state index contributed by atoms with van der Waals surface area (Å²) in [7, 11) is 0. The van der Waals surface area contributed by atoms with Gasteiger partial charge in [-0.15, -0.1) is 12.4 Å². The fourth-order valence-electron chi connectivity index (χ4n) is 2.60. The zero-order chi connectivity index (χ0) is 15.4. The van der Waals surface area contributed by atoms with Gasteiger partial charge in [0.25, 0.3) is 0 Å². The number of nitrogens with one attached hydrogen (secondary N) is 2. The van der Waals surface area contributed by atoms with Crippen LogP contribution in [0, 0.1) is 5.92 Å².